The predicted molar refractivity (Wildman–Crippen MR) is 90.4 cm³/mol. The first-order valence-corrected chi connectivity index (χ1v) is 8.49. The summed E-state index contributed by atoms with van der Waals surface area (Å²) in [5, 5.41) is 17.2. The molecule has 6 nitrogen and oxygen atoms in total. The molecule has 128 valence electrons. The zero-order valence-electron chi connectivity index (χ0n) is 14.2. The summed E-state index contributed by atoms with van der Waals surface area (Å²) in [6.07, 6.45) is 5.39. The first kappa shape index (κ1) is 16.3. The summed E-state index contributed by atoms with van der Waals surface area (Å²) in [6.45, 7) is 5.45. The van der Waals surface area contributed by atoms with Crippen molar-refractivity contribution in [2.75, 3.05) is 20.1 Å². The van der Waals surface area contributed by atoms with Gasteiger partial charge in [-0.1, -0.05) is 0 Å². The van der Waals surface area contributed by atoms with E-state index in [1.54, 1.807) is 32.4 Å². The molecule has 2 aliphatic rings. The highest BCUT2D eigenvalue weighted by Gasteiger charge is 2.39. The molecule has 0 bridgehead atoms. The van der Waals surface area contributed by atoms with Gasteiger partial charge in [-0.15, -0.1) is 0 Å². The van der Waals surface area contributed by atoms with E-state index < -0.39 is 5.60 Å². The summed E-state index contributed by atoms with van der Waals surface area (Å²) >= 11 is 0. The van der Waals surface area contributed by atoms with Crippen LogP contribution in [0.15, 0.2) is 27.8 Å². The summed E-state index contributed by atoms with van der Waals surface area (Å²) in [6, 6.07) is 5.40. The Morgan fingerprint density at radius 1 is 1.52 bits per heavy atom. The Labute approximate surface area is 138 Å². The van der Waals surface area contributed by atoms with Gasteiger partial charge in [0.05, 0.1) is 12.8 Å². The number of guanidine groups is 1. The van der Waals surface area contributed by atoms with Gasteiger partial charge in [0, 0.05) is 31.7 Å². The maximum atomic E-state index is 10.5. The van der Waals surface area contributed by atoms with E-state index in [9.17, 15) is 5.11 Å². The van der Waals surface area contributed by atoms with Gasteiger partial charge < -0.3 is 20.2 Å². The molecule has 6 heteroatoms. The molecule has 1 aliphatic heterocycles. The average molecular weight is 320 g/mol. The van der Waals surface area contributed by atoms with Crippen LogP contribution in [0.5, 0.6) is 0 Å². The van der Waals surface area contributed by atoms with Crippen molar-refractivity contribution in [1.29, 1.82) is 0 Å². The molecule has 23 heavy (non-hydrogen) atoms. The van der Waals surface area contributed by atoms with Gasteiger partial charge in [-0.25, -0.2) is 0 Å². The van der Waals surface area contributed by atoms with E-state index in [0.29, 0.717) is 24.4 Å². The lowest BCUT2D eigenvalue weighted by molar-refractivity contribution is 0.0385. The van der Waals surface area contributed by atoms with Crippen molar-refractivity contribution < 1.29 is 9.52 Å². The number of aliphatic imine (C=N–C) groups is 1. The second kappa shape index (κ2) is 6.53. The van der Waals surface area contributed by atoms with Crippen LogP contribution in [-0.2, 0) is 5.60 Å². The quantitative estimate of drug-likeness (QED) is 0.563. The van der Waals surface area contributed by atoms with Gasteiger partial charge in [0.2, 0.25) is 0 Å². The molecule has 0 radical (unpaired) electrons. The Morgan fingerprint density at radius 2 is 2.30 bits per heavy atom. The zero-order valence-corrected chi connectivity index (χ0v) is 14.2. The zero-order chi connectivity index (χ0) is 16.4. The van der Waals surface area contributed by atoms with E-state index in [1.165, 1.54) is 12.8 Å². The summed E-state index contributed by atoms with van der Waals surface area (Å²) in [4.78, 5) is 6.88. The second-order valence-corrected chi connectivity index (χ2v) is 7.03. The highest BCUT2D eigenvalue weighted by molar-refractivity contribution is 5.80. The van der Waals surface area contributed by atoms with E-state index in [2.05, 4.69) is 27.4 Å². The fourth-order valence-electron chi connectivity index (χ4n) is 3.39. The fourth-order valence-corrected chi connectivity index (χ4v) is 3.39. The normalized spacial score (nSPS) is 28.6. The van der Waals surface area contributed by atoms with Crippen LogP contribution >= 0.6 is 0 Å². The molecule has 3 rings (SSSR count). The Bertz CT molecular complexity index is 537. The second-order valence-electron chi connectivity index (χ2n) is 7.03. The molecule has 2 heterocycles. The Morgan fingerprint density at radius 3 is 2.91 bits per heavy atom. The number of hydrogen-bond acceptors (Lipinski definition) is 4. The monoisotopic (exact) mass is 320 g/mol. The number of nitrogens with zero attached hydrogens (tertiary/aromatic N) is 2. The number of rotatable bonds is 5. The number of aliphatic hydroxyl groups is 1. The van der Waals surface area contributed by atoms with Crippen molar-refractivity contribution in [3.8, 4) is 0 Å². The van der Waals surface area contributed by atoms with Crippen LogP contribution in [-0.4, -0.2) is 54.2 Å². The van der Waals surface area contributed by atoms with E-state index in [-0.39, 0.29) is 0 Å². The van der Waals surface area contributed by atoms with Gasteiger partial charge in [0.25, 0.3) is 0 Å². The molecule has 1 saturated heterocycles. The summed E-state index contributed by atoms with van der Waals surface area (Å²) in [5.41, 5.74) is -1.07. The van der Waals surface area contributed by atoms with Crippen molar-refractivity contribution in [3.05, 3.63) is 24.2 Å². The predicted octanol–water partition coefficient (Wildman–Crippen LogP) is 1.28. The molecule has 0 spiro atoms. The maximum Gasteiger partial charge on any atom is 0.191 e. The van der Waals surface area contributed by atoms with Crippen molar-refractivity contribution >= 4 is 5.96 Å². The lowest BCUT2D eigenvalue weighted by atomic mass is 10.0. The molecule has 2 fully saturated rings. The highest BCUT2D eigenvalue weighted by atomic mass is 16.4. The van der Waals surface area contributed by atoms with Crippen LogP contribution in [0.2, 0.25) is 0 Å². The molecular formula is C17H28N4O2. The topological polar surface area (TPSA) is 73.0 Å². The maximum absolute atomic E-state index is 10.5. The number of hydrogen-bond donors (Lipinski definition) is 3. The molecule has 3 N–H and O–H groups in total. The Balaban J connectivity index is 1.51. The summed E-state index contributed by atoms with van der Waals surface area (Å²) < 4.78 is 5.30. The number of furan rings is 1. The summed E-state index contributed by atoms with van der Waals surface area (Å²) in [5.74, 6) is 1.28. The summed E-state index contributed by atoms with van der Waals surface area (Å²) in [7, 11) is 1.76. The van der Waals surface area contributed by atoms with E-state index >= 15 is 0 Å². The minimum absolute atomic E-state index is 0.342. The van der Waals surface area contributed by atoms with Crippen LogP contribution in [0.3, 0.4) is 0 Å². The van der Waals surface area contributed by atoms with Gasteiger partial charge in [-0.2, -0.15) is 0 Å². The molecule has 1 aromatic heterocycles. The van der Waals surface area contributed by atoms with Gasteiger partial charge in [-0.3, -0.25) is 9.89 Å². The first-order valence-electron chi connectivity index (χ1n) is 8.49. The van der Waals surface area contributed by atoms with Crippen LogP contribution in [0, 0.1) is 0 Å². The molecule has 0 aromatic carbocycles. The third kappa shape index (κ3) is 3.87. The molecule has 1 saturated carbocycles. The van der Waals surface area contributed by atoms with Crippen LogP contribution in [0.4, 0.5) is 0 Å². The largest absolute Gasteiger partial charge is 0.466 e. The molecule has 1 aliphatic carbocycles. The third-order valence-corrected chi connectivity index (χ3v) is 4.86. The Hall–Kier alpha value is -1.53. The molecule has 0 amide bonds. The molecule has 3 atom stereocenters. The lowest BCUT2D eigenvalue weighted by Gasteiger charge is -2.24. The van der Waals surface area contributed by atoms with Crippen LogP contribution in [0.25, 0.3) is 0 Å². The SMILES string of the molecule is CN=C(NCC(C)(O)c1ccco1)NC1CC(C)N(C2CC2)C1. The van der Waals surface area contributed by atoms with Crippen molar-refractivity contribution in [2.24, 2.45) is 4.99 Å². The molecule has 3 unspecified atom stereocenters. The van der Waals surface area contributed by atoms with Crippen LogP contribution in [0.1, 0.15) is 38.9 Å². The van der Waals surface area contributed by atoms with Gasteiger partial charge >= 0.3 is 0 Å². The minimum atomic E-state index is -1.07. The van der Waals surface area contributed by atoms with E-state index in [1.807, 2.05) is 0 Å². The van der Waals surface area contributed by atoms with Gasteiger partial charge in [0.15, 0.2) is 5.96 Å². The van der Waals surface area contributed by atoms with Crippen molar-refractivity contribution in [3.63, 3.8) is 0 Å². The van der Waals surface area contributed by atoms with Crippen LogP contribution < -0.4 is 10.6 Å². The average Bonchev–Trinajstić information content (AvgIpc) is 3.06. The number of nitrogens with one attached hydrogen (secondary N) is 2. The Kier molecular flexibility index (Phi) is 4.64. The number of likely N-dealkylation sites (tertiary alicyclic amines) is 1. The van der Waals surface area contributed by atoms with Gasteiger partial charge in [-0.05, 0) is 45.2 Å². The molecular weight excluding hydrogens is 292 g/mol. The highest BCUT2D eigenvalue weighted by Crippen LogP contribution is 2.33. The minimum Gasteiger partial charge on any atom is -0.466 e. The van der Waals surface area contributed by atoms with Crippen molar-refractivity contribution in [1.82, 2.24) is 15.5 Å². The smallest absolute Gasteiger partial charge is 0.191 e. The lowest BCUT2D eigenvalue weighted by Crippen LogP contribution is -2.48. The fraction of sp³-hybridized carbons (Fsp3) is 0.706. The van der Waals surface area contributed by atoms with E-state index in [4.69, 9.17) is 4.42 Å². The first-order chi connectivity index (χ1) is 11.0. The molecule has 1 aromatic rings. The van der Waals surface area contributed by atoms with Gasteiger partial charge in [0.1, 0.15) is 11.4 Å². The van der Waals surface area contributed by atoms with E-state index in [0.717, 1.165) is 25.0 Å². The third-order valence-electron chi connectivity index (χ3n) is 4.86. The standard InChI is InChI=1S/C17H28N4O2/c1-12-9-13(10-21(12)14-6-7-14)20-16(18-3)19-11-17(2,22)15-5-4-8-23-15/h4-5,8,12-14,22H,6-7,9-11H2,1-3H3,(H2,18,19,20). The van der Waals surface area contributed by atoms with Crippen molar-refractivity contribution in [2.45, 2.75) is 56.8 Å².